The van der Waals surface area contributed by atoms with E-state index in [2.05, 4.69) is 5.32 Å². The molecule has 1 N–H and O–H groups in total. The minimum Gasteiger partial charge on any atom is -0.352 e. The molecule has 0 spiro atoms. The van der Waals surface area contributed by atoms with E-state index in [-0.39, 0.29) is 5.91 Å². The number of nitrogens with one attached hydrogen (secondary N) is 1. The van der Waals surface area contributed by atoms with Crippen LogP contribution in [0.2, 0.25) is 10.0 Å². The number of aryl methyl sites for hydroxylation is 1. The first-order valence-corrected chi connectivity index (χ1v) is 7.15. The van der Waals surface area contributed by atoms with Crippen molar-refractivity contribution >= 4 is 29.1 Å². The second kappa shape index (κ2) is 7.32. The summed E-state index contributed by atoms with van der Waals surface area (Å²) in [5, 5.41) is 3.90. The summed E-state index contributed by atoms with van der Waals surface area (Å²) in [5.41, 5.74) is 2.10. The molecule has 0 unspecified atom stereocenters. The van der Waals surface area contributed by atoms with Crippen molar-refractivity contribution in [3.05, 3.63) is 69.7 Å². The highest BCUT2D eigenvalue weighted by Gasteiger charge is 2.04. The van der Waals surface area contributed by atoms with Crippen LogP contribution in [-0.4, -0.2) is 5.91 Å². The number of hydrogen-bond donors (Lipinski definition) is 1. The minimum absolute atomic E-state index is 0.0277. The lowest BCUT2D eigenvalue weighted by Gasteiger charge is -2.06. The van der Waals surface area contributed by atoms with E-state index < -0.39 is 0 Å². The average Bonchev–Trinajstić information content (AvgIpc) is 2.47. The van der Waals surface area contributed by atoms with Crippen molar-refractivity contribution in [2.75, 3.05) is 0 Å². The molecule has 0 atom stereocenters. The molecule has 0 aromatic heterocycles. The van der Waals surface area contributed by atoms with Gasteiger partial charge in [0.2, 0.25) is 5.91 Å². The van der Waals surface area contributed by atoms with Gasteiger partial charge >= 0.3 is 0 Å². The molecule has 0 saturated carbocycles. The largest absolute Gasteiger partial charge is 0.352 e. The molecule has 0 aliphatic rings. The topological polar surface area (TPSA) is 29.1 Å². The first kappa shape index (κ1) is 14.9. The summed E-state index contributed by atoms with van der Waals surface area (Å²) in [6, 6.07) is 15.3. The zero-order chi connectivity index (χ0) is 14.4. The van der Waals surface area contributed by atoms with Gasteiger partial charge in [0.25, 0.3) is 0 Å². The van der Waals surface area contributed by atoms with Crippen LogP contribution in [0.15, 0.2) is 48.5 Å². The summed E-state index contributed by atoms with van der Waals surface area (Å²) in [6.45, 7) is 0.463. The first-order valence-electron chi connectivity index (χ1n) is 6.40. The molecule has 1 amide bonds. The Bertz CT molecular complexity index is 584. The molecule has 0 heterocycles. The van der Waals surface area contributed by atoms with Crippen molar-refractivity contribution in [1.29, 1.82) is 0 Å². The van der Waals surface area contributed by atoms with Crippen molar-refractivity contribution in [2.45, 2.75) is 19.4 Å². The van der Waals surface area contributed by atoms with Crippen LogP contribution in [0.4, 0.5) is 0 Å². The lowest BCUT2D eigenvalue weighted by molar-refractivity contribution is -0.121. The lowest BCUT2D eigenvalue weighted by Crippen LogP contribution is -2.22. The summed E-state index contributed by atoms with van der Waals surface area (Å²) >= 11 is 11.8. The van der Waals surface area contributed by atoms with Gasteiger partial charge in [-0.3, -0.25) is 4.79 Å². The predicted molar refractivity (Wildman–Crippen MR) is 83.1 cm³/mol. The van der Waals surface area contributed by atoms with E-state index in [1.807, 2.05) is 36.4 Å². The Morgan fingerprint density at radius 1 is 0.950 bits per heavy atom. The van der Waals surface area contributed by atoms with Gasteiger partial charge < -0.3 is 5.32 Å². The Morgan fingerprint density at radius 2 is 1.70 bits per heavy atom. The van der Waals surface area contributed by atoms with Crippen molar-refractivity contribution < 1.29 is 4.79 Å². The van der Waals surface area contributed by atoms with Crippen molar-refractivity contribution in [3.63, 3.8) is 0 Å². The Morgan fingerprint density at radius 3 is 2.40 bits per heavy atom. The molecule has 0 aliphatic carbocycles. The monoisotopic (exact) mass is 307 g/mol. The second-order valence-electron chi connectivity index (χ2n) is 4.51. The SMILES string of the molecule is O=C(CCc1ccccc1)NCc1ccc(Cl)c(Cl)c1. The molecule has 0 saturated heterocycles. The molecule has 2 rings (SSSR count). The van der Waals surface area contributed by atoms with Crippen molar-refractivity contribution in [1.82, 2.24) is 5.32 Å². The lowest BCUT2D eigenvalue weighted by atomic mass is 10.1. The third kappa shape index (κ3) is 4.55. The summed E-state index contributed by atoms with van der Waals surface area (Å²) in [5.74, 6) is 0.0277. The van der Waals surface area contributed by atoms with E-state index in [1.165, 1.54) is 0 Å². The van der Waals surface area contributed by atoms with Crippen LogP contribution < -0.4 is 5.32 Å². The molecule has 0 bridgehead atoms. The normalized spacial score (nSPS) is 10.3. The van der Waals surface area contributed by atoms with Crippen molar-refractivity contribution in [3.8, 4) is 0 Å². The van der Waals surface area contributed by atoms with Crippen molar-refractivity contribution in [2.24, 2.45) is 0 Å². The minimum atomic E-state index is 0.0277. The van der Waals surface area contributed by atoms with Crippen LogP contribution in [-0.2, 0) is 17.8 Å². The number of amides is 1. The van der Waals surface area contributed by atoms with E-state index in [0.29, 0.717) is 23.0 Å². The van der Waals surface area contributed by atoms with Crippen LogP contribution in [0, 0.1) is 0 Å². The quantitative estimate of drug-likeness (QED) is 0.879. The van der Waals surface area contributed by atoms with Gasteiger partial charge in [-0.1, -0.05) is 59.6 Å². The van der Waals surface area contributed by atoms with Crippen LogP contribution in [0.25, 0.3) is 0 Å². The smallest absolute Gasteiger partial charge is 0.220 e. The highest BCUT2D eigenvalue weighted by atomic mass is 35.5. The number of carbonyl (C=O) groups excluding carboxylic acids is 1. The zero-order valence-corrected chi connectivity index (χ0v) is 12.4. The molecule has 0 aliphatic heterocycles. The van der Waals surface area contributed by atoms with Gasteiger partial charge in [0.1, 0.15) is 0 Å². The molecule has 2 nitrogen and oxygen atoms in total. The Kier molecular flexibility index (Phi) is 5.45. The van der Waals surface area contributed by atoms with Gasteiger partial charge in [0, 0.05) is 13.0 Å². The van der Waals surface area contributed by atoms with E-state index in [0.717, 1.165) is 17.5 Å². The molecule has 4 heteroatoms. The van der Waals surface area contributed by atoms with Gasteiger partial charge in [0.15, 0.2) is 0 Å². The summed E-state index contributed by atoms with van der Waals surface area (Å²) in [4.78, 5) is 11.8. The van der Waals surface area contributed by atoms with Crippen LogP contribution in [0.1, 0.15) is 17.5 Å². The maximum atomic E-state index is 11.8. The van der Waals surface area contributed by atoms with E-state index in [4.69, 9.17) is 23.2 Å². The number of rotatable bonds is 5. The fourth-order valence-electron chi connectivity index (χ4n) is 1.84. The summed E-state index contributed by atoms with van der Waals surface area (Å²) < 4.78 is 0. The third-order valence-corrected chi connectivity index (χ3v) is 3.70. The highest BCUT2D eigenvalue weighted by Crippen LogP contribution is 2.22. The molecule has 0 fully saturated rings. The number of carbonyl (C=O) groups is 1. The first-order chi connectivity index (χ1) is 9.65. The fourth-order valence-corrected chi connectivity index (χ4v) is 2.16. The molecule has 104 valence electrons. The number of benzene rings is 2. The standard InChI is InChI=1S/C16H15Cl2NO/c17-14-8-6-13(10-15(14)18)11-19-16(20)9-7-12-4-2-1-3-5-12/h1-6,8,10H,7,9,11H2,(H,19,20). The zero-order valence-electron chi connectivity index (χ0n) is 10.9. The fraction of sp³-hybridized carbons (Fsp3) is 0.188. The third-order valence-electron chi connectivity index (χ3n) is 2.96. The second-order valence-corrected chi connectivity index (χ2v) is 5.33. The molecular formula is C16H15Cl2NO. The van der Waals surface area contributed by atoms with Crippen LogP contribution in [0.5, 0.6) is 0 Å². The van der Waals surface area contributed by atoms with Gasteiger partial charge in [-0.05, 0) is 29.7 Å². The summed E-state index contributed by atoms with van der Waals surface area (Å²) in [7, 11) is 0. The van der Waals surface area contributed by atoms with Gasteiger partial charge in [-0.25, -0.2) is 0 Å². The van der Waals surface area contributed by atoms with E-state index >= 15 is 0 Å². The van der Waals surface area contributed by atoms with E-state index in [9.17, 15) is 4.79 Å². The Labute approximate surface area is 128 Å². The predicted octanol–water partition coefficient (Wildman–Crippen LogP) is 4.24. The molecule has 2 aromatic rings. The molecular weight excluding hydrogens is 293 g/mol. The summed E-state index contributed by atoms with van der Waals surface area (Å²) in [6.07, 6.45) is 1.22. The van der Waals surface area contributed by atoms with Crippen LogP contribution in [0.3, 0.4) is 0 Å². The van der Waals surface area contributed by atoms with Crippen LogP contribution >= 0.6 is 23.2 Å². The van der Waals surface area contributed by atoms with E-state index in [1.54, 1.807) is 12.1 Å². The Balaban J connectivity index is 1.79. The molecule has 2 aromatic carbocycles. The number of hydrogen-bond acceptors (Lipinski definition) is 1. The van der Waals surface area contributed by atoms with Gasteiger partial charge in [-0.15, -0.1) is 0 Å². The maximum absolute atomic E-state index is 11.8. The average molecular weight is 308 g/mol. The van der Waals surface area contributed by atoms with Gasteiger partial charge in [0.05, 0.1) is 10.0 Å². The highest BCUT2D eigenvalue weighted by molar-refractivity contribution is 6.42. The van der Waals surface area contributed by atoms with Gasteiger partial charge in [-0.2, -0.15) is 0 Å². The molecule has 20 heavy (non-hydrogen) atoms. The number of halogens is 2. The maximum Gasteiger partial charge on any atom is 0.220 e. The Hall–Kier alpha value is -1.51. The molecule has 0 radical (unpaired) electrons.